The maximum Gasteiger partial charge on any atom is 0.243 e. The van der Waals surface area contributed by atoms with E-state index in [0.717, 1.165) is 28.5 Å². The third kappa shape index (κ3) is 9.61. The molecule has 0 aliphatic rings. The first-order valence-corrected chi connectivity index (χ1v) is 16.0. The molecular formula is C32H40ClN3O4S. The lowest BCUT2D eigenvalue weighted by Crippen LogP contribution is -2.51. The van der Waals surface area contributed by atoms with Crippen LogP contribution in [0.15, 0.2) is 72.8 Å². The molecule has 220 valence electrons. The minimum absolute atomic E-state index is 0.0672. The van der Waals surface area contributed by atoms with Gasteiger partial charge >= 0.3 is 0 Å². The molecule has 0 aliphatic carbocycles. The molecule has 3 aromatic carbocycles. The summed E-state index contributed by atoms with van der Waals surface area (Å²) >= 11 is 6.17. The first kappa shape index (κ1) is 32.2. The summed E-state index contributed by atoms with van der Waals surface area (Å²) in [5, 5.41) is 3.42. The lowest BCUT2D eigenvalue weighted by Gasteiger charge is -2.32. The van der Waals surface area contributed by atoms with E-state index >= 15 is 0 Å². The number of anilines is 1. The molecule has 0 radical (unpaired) electrons. The number of amides is 2. The summed E-state index contributed by atoms with van der Waals surface area (Å²) in [7, 11) is -3.63. The summed E-state index contributed by atoms with van der Waals surface area (Å²) < 4.78 is 26.7. The van der Waals surface area contributed by atoms with E-state index in [2.05, 4.69) is 5.32 Å². The molecular weight excluding hydrogens is 558 g/mol. The van der Waals surface area contributed by atoms with Crippen molar-refractivity contribution < 1.29 is 18.0 Å². The molecule has 41 heavy (non-hydrogen) atoms. The zero-order valence-corrected chi connectivity index (χ0v) is 26.0. The Hall–Kier alpha value is -3.36. The number of halogens is 1. The minimum Gasteiger partial charge on any atom is -0.352 e. The number of benzene rings is 3. The smallest absolute Gasteiger partial charge is 0.243 e. The van der Waals surface area contributed by atoms with E-state index in [1.807, 2.05) is 82.3 Å². The van der Waals surface area contributed by atoms with Crippen LogP contribution in [-0.2, 0) is 32.6 Å². The van der Waals surface area contributed by atoms with Crippen molar-refractivity contribution in [3.63, 3.8) is 0 Å². The van der Waals surface area contributed by atoms with Crippen LogP contribution < -0.4 is 9.62 Å². The molecule has 0 fully saturated rings. The summed E-state index contributed by atoms with van der Waals surface area (Å²) in [5.41, 5.74) is 4.17. The Morgan fingerprint density at radius 3 is 2.24 bits per heavy atom. The van der Waals surface area contributed by atoms with Gasteiger partial charge in [-0.05, 0) is 62.9 Å². The molecule has 0 unspecified atom stereocenters. The Morgan fingerprint density at radius 2 is 1.61 bits per heavy atom. The molecule has 7 nitrogen and oxygen atoms in total. The van der Waals surface area contributed by atoms with Gasteiger partial charge in [-0.1, -0.05) is 77.8 Å². The monoisotopic (exact) mass is 597 g/mol. The van der Waals surface area contributed by atoms with Crippen LogP contribution >= 0.6 is 11.6 Å². The number of nitrogens with zero attached hydrogens (tertiary/aromatic N) is 2. The third-order valence-corrected chi connectivity index (χ3v) is 8.14. The normalized spacial score (nSPS) is 12.2. The average molecular weight is 598 g/mol. The molecule has 0 spiro atoms. The molecule has 0 aromatic heterocycles. The van der Waals surface area contributed by atoms with Crippen LogP contribution in [0.25, 0.3) is 0 Å². The van der Waals surface area contributed by atoms with E-state index in [1.165, 1.54) is 4.31 Å². The Bertz CT molecular complexity index is 1440. The van der Waals surface area contributed by atoms with Crippen molar-refractivity contribution in [3.05, 3.63) is 100 Å². The molecule has 1 atom stereocenters. The van der Waals surface area contributed by atoms with Gasteiger partial charge < -0.3 is 10.2 Å². The fourth-order valence-corrected chi connectivity index (χ4v) is 5.96. The SMILES string of the molecule is Cc1cccc(CN(C(=O)CCCN(c2cc(Cl)ccc2C)S(C)(=O)=O)[C@H](Cc2ccccc2)C(=O)NC(C)C)c1. The summed E-state index contributed by atoms with van der Waals surface area (Å²) in [4.78, 5) is 29.1. The Balaban J connectivity index is 1.90. The van der Waals surface area contributed by atoms with Crippen LogP contribution in [0, 0.1) is 13.8 Å². The number of carbonyl (C=O) groups excluding carboxylic acids is 2. The van der Waals surface area contributed by atoms with Crippen molar-refractivity contribution in [2.24, 2.45) is 0 Å². The third-order valence-electron chi connectivity index (χ3n) is 6.73. The Labute approximate surface area is 249 Å². The van der Waals surface area contributed by atoms with Gasteiger partial charge in [0.2, 0.25) is 21.8 Å². The van der Waals surface area contributed by atoms with Crippen LogP contribution in [0.1, 0.15) is 48.9 Å². The predicted molar refractivity (Wildman–Crippen MR) is 167 cm³/mol. The molecule has 9 heteroatoms. The Morgan fingerprint density at radius 1 is 0.927 bits per heavy atom. The zero-order valence-electron chi connectivity index (χ0n) is 24.4. The zero-order chi connectivity index (χ0) is 30.2. The summed E-state index contributed by atoms with van der Waals surface area (Å²) in [5.74, 6) is -0.445. The van der Waals surface area contributed by atoms with Gasteiger partial charge in [-0.15, -0.1) is 0 Å². The van der Waals surface area contributed by atoms with E-state index < -0.39 is 16.1 Å². The highest BCUT2D eigenvalue weighted by Crippen LogP contribution is 2.27. The van der Waals surface area contributed by atoms with Crippen molar-refractivity contribution in [2.75, 3.05) is 17.1 Å². The number of aryl methyl sites for hydroxylation is 2. The van der Waals surface area contributed by atoms with Crippen molar-refractivity contribution in [1.82, 2.24) is 10.2 Å². The van der Waals surface area contributed by atoms with Crippen LogP contribution in [0.3, 0.4) is 0 Å². The second kappa shape index (κ2) is 14.5. The minimum atomic E-state index is -3.63. The number of carbonyl (C=O) groups is 2. The van der Waals surface area contributed by atoms with E-state index in [-0.39, 0.29) is 43.8 Å². The van der Waals surface area contributed by atoms with Gasteiger partial charge in [-0.2, -0.15) is 0 Å². The van der Waals surface area contributed by atoms with E-state index in [9.17, 15) is 18.0 Å². The van der Waals surface area contributed by atoms with E-state index in [1.54, 1.807) is 23.1 Å². The first-order chi connectivity index (χ1) is 19.3. The molecule has 2 amide bonds. The quantitative estimate of drug-likeness (QED) is 0.275. The fourth-order valence-electron chi connectivity index (χ4n) is 4.78. The van der Waals surface area contributed by atoms with Crippen molar-refractivity contribution in [3.8, 4) is 0 Å². The van der Waals surface area contributed by atoms with Crippen molar-refractivity contribution in [2.45, 2.75) is 65.6 Å². The van der Waals surface area contributed by atoms with Gasteiger partial charge in [0.15, 0.2) is 0 Å². The van der Waals surface area contributed by atoms with Crippen LogP contribution in [0.4, 0.5) is 5.69 Å². The number of hydrogen-bond acceptors (Lipinski definition) is 4. The van der Waals surface area contributed by atoms with Crippen LogP contribution in [-0.4, -0.2) is 50.0 Å². The van der Waals surface area contributed by atoms with Crippen molar-refractivity contribution >= 4 is 39.1 Å². The maximum absolute atomic E-state index is 13.9. The number of rotatable bonds is 13. The molecule has 3 rings (SSSR count). The van der Waals surface area contributed by atoms with Crippen LogP contribution in [0.2, 0.25) is 5.02 Å². The summed E-state index contributed by atoms with van der Waals surface area (Å²) in [6, 6.07) is 21.8. The lowest BCUT2D eigenvalue weighted by atomic mass is 10.0. The number of hydrogen-bond donors (Lipinski definition) is 1. The van der Waals surface area contributed by atoms with Gasteiger partial charge in [-0.3, -0.25) is 13.9 Å². The van der Waals surface area contributed by atoms with E-state index in [4.69, 9.17) is 11.6 Å². The Kier molecular flexibility index (Phi) is 11.4. The highest BCUT2D eigenvalue weighted by atomic mass is 35.5. The highest BCUT2D eigenvalue weighted by molar-refractivity contribution is 7.92. The second-order valence-electron chi connectivity index (χ2n) is 10.7. The standard InChI is InChI=1S/C32H40ClN3O4S/c1-23(2)34-32(38)30(20-26-12-7-6-8-13-26)35(22-27-14-9-11-24(3)19-27)31(37)15-10-18-36(41(5,39)40)29-21-28(33)17-16-25(29)4/h6-9,11-14,16-17,19,21,23,30H,10,15,18,20,22H2,1-5H3,(H,34,38)/t30-/m1/s1. The predicted octanol–water partition coefficient (Wildman–Crippen LogP) is 5.67. The highest BCUT2D eigenvalue weighted by Gasteiger charge is 2.31. The molecule has 0 saturated carbocycles. The number of nitrogens with one attached hydrogen (secondary N) is 1. The molecule has 0 saturated heterocycles. The van der Waals surface area contributed by atoms with Gasteiger partial charge in [0.1, 0.15) is 6.04 Å². The van der Waals surface area contributed by atoms with Gasteiger partial charge in [0.05, 0.1) is 11.9 Å². The molecule has 0 aliphatic heterocycles. The number of sulfonamides is 1. The van der Waals surface area contributed by atoms with Gasteiger partial charge in [0.25, 0.3) is 0 Å². The average Bonchev–Trinajstić information content (AvgIpc) is 2.89. The second-order valence-corrected chi connectivity index (χ2v) is 13.1. The molecule has 3 aromatic rings. The summed E-state index contributed by atoms with van der Waals surface area (Å²) in [6.07, 6.45) is 1.84. The topological polar surface area (TPSA) is 86.8 Å². The summed E-state index contributed by atoms with van der Waals surface area (Å²) in [6.45, 7) is 7.95. The maximum atomic E-state index is 13.9. The molecule has 0 heterocycles. The lowest BCUT2D eigenvalue weighted by molar-refractivity contribution is -0.141. The largest absolute Gasteiger partial charge is 0.352 e. The van der Waals surface area contributed by atoms with Crippen molar-refractivity contribution in [1.29, 1.82) is 0 Å². The first-order valence-electron chi connectivity index (χ1n) is 13.8. The van der Waals surface area contributed by atoms with Crippen LogP contribution in [0.5, 0.6) is 0 Å². The molecule has 1 N–H and O–H groups in total. The fraction of sp³-hybridized carbons (Fsp3) is 0.375. The van der Waals surface area contributed by atoms with Gasteiger partial charge in [0, 0.05) is 37.0 Å². The van der Waals surface area contributed by atoms with E-state index in [0.29, 0.717) is 17.1 Å². The molecule has 0 bridgehead atoms. The van der Waals surface area contributed by atoms with Gasteiger partial charge in [-0.25, -0.2) is 8.42 Å².